The number of alkyl halides is 2. The van der Waals surface area contributed by atoms with E-state index >= 15 is 0 Å². The topological polar surface area (TPSA) is 67.4 Å². The van der Waals surface area contributed by atoms with Gasteiger partial charge in [-0.15, -0.1) is 0 Å². The van der Waals surface area contributed by atoms with Crippen LogP contribution in [0, 0.1) is 0 Å². The Hall–Kier alpha value is -1.74. The summed E-state index contributed by atoms with van der Waals surface area (Å²) in [6.07, 6.45) is 0. The number of benzene rings is 2. The van der Waals surface area contributed by atoms with Crippen LogP contribution in [0.25, 0.3) is 0 Å². The number of hydrogen-bond donors (Lipinski definition) is 2. The van der Waals surface area contributed by atoms with E-state index in [1.807, 2.05) is 18.2 Å². The summed E-state index contributed by atoms with van der Waals surface area (Å²) in [6.45, 7) is -1.35. The van der Waals surface area contributed by atoms with Gasteiger partial charge in [-0.3, -0.25) is 0 Å². The van der Waals surface area contributed by atoms with Gasteiger partial charge in [0, 0.05) is 19.6 Å². The molecule has 0 spiro atoms. The second-order valence-electron chi connectivity index (χ2n) is 5.50. The molecule has 0 atom stereocenters. The predicted octanol–water partition coefficient (Wildman–Crippen LogP) is 3.02. The molecule has 0 saturated carbocycles. The fraction of sp³-hybridized carbons (Fsp3) is 0.250. The molecule has 0 amide bonds. The van der Waals surface area contributed by atoms with E-state index in [-0.39, 0.29) is 22.2 Å². The van der Waals surface area contributed by atoms with Crippen molar-refractivity contribution < 1.29 is 21.9 Å². The second kappa shape index (κ2) is 7.25. The largest absolute Gasteiger partial charge is 0.433 e. The van der Waals surface area contributed by atoms with Gasteiger partial charge < -0.3 is 10.1 Å². The molecule has 1 aliphatic rings. The Balaban J connectivity index is 1.72. The fourth-order valence-electron chi connectivity index (χ4n) is 2.56. The van der Waals surface area contributed by atoms with Gasteiger partial charge >= 0.3 is 6.61 Å². The van der Waals surface area contributed by atoms with E-state index in [1.165, 1.54) is 11.6 Å². The van der Waals surface area contributed by atoms with Crippen LogP contribution in [0.5, 0.6) is 5.75 Å². The minimum atomic E-state index is -3.83. The zero-order valence-corrected chi connectivity index (χ0v) is 14.5. The lowest BCUT2D eigenvalue weighted by molar-refractivity contribution is -0.0498. The van der Waals surface area contributed by atoms with Crippen molar-refractivity contribution in [2.45, 2.75) is 31.1 Å². The summed E-state index contributed by atoms with van der Waals surface area (Å²) in [5, 5.41) is 3.02. The lowest BCUT2D eigenvalue weighted by Crippen LogP contribution is -2.23. The first-order valence-corrected chi connectivity index (χ1v) is 9.27. The highest BCUT2D eigenvalue weighted by molar-refractivity contribution is 7.89. The van der Waals surface area contributed by atoms with Gasteiger partial charge in [-0.05, 0) is 34.9 Å². The van der Waals surface area contributed by atoms with Crippen LogP contribution in [0.3, 0.4) is 0 Å². The summed E-state index contributed by atoms with van der Waals surface area (Å²) in [4.78, 5) is -0.123. The molecule has 134 valence electrons. The van der Waals surface area contributed by atoms with Crippen molar-refractivity contribution in [1.82, 2.24) is 10.0 Å². The zero-order chi connectivity index (χ0) is 18.0. The number of hydrogen-bond acceptors (Lipinski definition) is 4. The van der Waals surface area contributed by atoms with Crippen molar-refractivity contribution in [3.8, 4) is 5.75 Å². The third kappa shape index (κ3) is 4.27. The van der Waals surface area contributed by atoms with Gasteiger partial charge in [-0.1, -0.05) is 29.8 Å². The highest BCUT2D eigenvalue weighted by Gasteiger charge is 2.18. The number of nitrogens with one attached hydrogen (secondary N) is 2. The third-order valence-corrected chi connectivity index (χ3v) is 5.49. The number of ether oxygens (including phenoxy) is 1. The Bertz CT molecular complexity index is 891. The quantitative estimate of drug-likeness (QED) is 0.798. The van der Waals surface area contributed by atoms with E-state index in [4.69, 9.17) is 11.6 Å². The highest BCUT2D eigenvalue weighted by atomic mass is 35.5. The Kier molecular flexibility index (Phi) is 5.24. The monoisotopic (exact) mass is 388 g/mol. The number of halogens is 3. The average molecular weight is 389 g/mol. The average Bonchev–Trinajstić information content (AvgIpc) is 3.02. The molecule has 1 aliphatic heterocycles. The van der Waals surface area contributed by atoms with E-state index in [9.17, 15) is 17.2 Å². The Morgan fingerprint density at radius 3 is 2.64 bits per heavy atom. The van der Waals surface area contributed by atoms with E-state index in [2.05, 4.69) is 14.8 Å². The van der Waals surface area contributed by atoms with Gasteiger partial charge in [-0.2, -0.15) is 8.78 Å². The molecular weight excluding hydrogens is 374 g/mol. The number of fused-ring (bicyclic) bond motifs is 1. The Labute approximate surface area is 149 Å². The molecule has 3 rings (SSSR count). The first-order valence-electron chi connectivity index (χ1n) is 7.40. The lowest BCUT2D eigenvalue weighted by atomic mass is 10.1. The van der Waals surface area contributed by atoms with Gasteiger partial charge in [-0.25, -0.2) is 13.1 Å². The smallest absolute Gasteiger partial charge is 0.387 e. The van der Waals surface area contributed by atoms with Crippen LogP contribution >= 0.6 is 11.6 Å². The van der Waals surface area contributed by atoms with Crippen molar-refractivity contribution in [3.05, 3.63) is 58.1 Å². The summed E-state index contributed by atoms with van der Waals surface area (Å²) >= 11 is 5.80. The molecule has 2 N–H and O–H groups in total. The van der Waals surface area contributed by atoms with Crippen molar-refractivity contribution in [3.63, 3.8) is 0 Å². The van der Waals surface area contributed by atoms with Crippen LogP contribution in [0.4, 0.5) is 8.78 Å². The van der Waals surface area contributed by atoms with Crippen molar-refractivity contribution >= 4 is 21.6 Å². The van der Waals surface area contributed by atoms with Crippen LogP contribution in [0.2, 0.25) is 5.02 Å². The van der Waals surface area contributed by atoms with Crippen LogP contribution < -0.4 is 14.8 Å². The first-order chi connectivity index (χ1) is 11.8. The van der Waals surface area contributed by atoms with E-state index in [1.54, 1.807) is 0 Å². The van der Waals surface area contributed by atoms with Crippen LogP contribution in [-0.2, 0) is 29.7 Å². The van der Waals surface area contributed by atoms with Crippen molar-refractivity contribution in [2.24, 2.45) is 0 Å². The number of sulfonamides is 1. The standard InChI is InChI=1S/C16H15ClF2N2O3S/c17-14-6-13(3-4-15(14)24-16(18)19)25(22,23)21-7-10-1-2-11-8-20-9-12(11)5-10/h1-6,16,20-21H,7-9H2. The minimum absolute atomic E-state index is 0.114. The first kappa shape index (κ1) is 18.1. The highest BCUT2D eigenvalue weighted by Crippen LogP contribution is 2.28. The molecule has 5 nitrogen and oxygen atoms in total. The molecule has 1 heterocycles. The van der Waals surface area contributed by atoms with Crippen LogP contribution in [-0.4, -0.2) is 15.0 Å². The van der Waals surface area contributed by atoms with E-state index < -0.39 is 16.6 Å². The normalized spacial score (nSPS) is 13.9. The predicted molar refractivity (Wildman–Crippen MR) is 89.1 cm³/mol. The molecule has 0 aliphatic carbocycles. The van der Waals surface area contributed by atoms with Crippen molar-refractivity contribution in [2.75, 3.05) is 0 Å². The molecule has 9 heteroatoms. The lowest BCUT2D eigenvalue weighted by Gasteiger charge is -2.10. The summed E-state index contributed by atoms with van der Waals surface area (Å²) in [5.74, 6) is -0.276. The summed E-state index contributed by atoms with van der Waals surface area (Å²) in [7, 11) is -3.83. The molecule has 0 unspecified atom stereocenters. The van der Waals surface area contributed by atoms with Crippen LogP contribution in [0.1, 0.15) is 16.7 Å². The molecule has 2 aromatic carbocycles. The maximum Gasteiger partial charge on any atom is 0.387 e. The maximum atomic E-state index is 12.4. The maximum absolute atomic E-state index is 12.4. The minimum Gasteiger partial charge on any atom is -0.433 e. The van der Waals surface area contributed by atoms with Gasteiger partial charge in [0.05, 0.1) is 9.92 Å². The summed E-state index contributed by atoms with van der Waals surface area (Å²) in [5.41, 5.74) is 3.18. The molecule has 0 bridgehead atoms. The fourth-order valence-corrected chi connectivity index (χ4v) is 3.89. The third-order valence-electron chi connectivity index (χ3n) is 3.80. The molecule has 0 aromatic heterocycles. The van der Waals surface area contributed by atoms with Crippen molar-refractivity contribution in [1.29, 1.82) is 0 Å². The van der Waals surface area contributed by atoms with Gasteiger partial charge in [0.1, 0.15) is 5.75 Å². The van der Waals surface area contributed by atoms with Gasteiger partial charge in [0.15, 0.2) is 0 Å². The molecule has 0 saturated heterocycles. The zero-order valence-electron chi connectivity index (χ0n) is 12.9. The molecular formula is C16H15ClF2N2O3S. The van der Waals surface area contributed by atoms with Gasteiger partial charge in [0.2, 0.25) is 10.0 Å². The molecule has 25 heavy (non-hydrogen) atoms. The Morgan fingerprint density at radius 1 is 1.16 bits per heavy atom. The molecule has 0 fully saturated rings. The second-order valence-corrected chi connectivity index (χ2v) is 7.68. The van der Waals surface area contributed by atoms with E-state index in [0.717, 1.165) is 36.3 Å². The summed E-state index contributed by atoms with van der Waals surface area (Å²) in [6, 6.07) is 9.12. The Morgan fingerprint density at radius 2 is 1.92 bits per heavy atom. The number of rotatable bonds is 6. The van der Waals surface area contributed by atoms with Crippen LogP contribution in [0.15, 0.2) is 41.3 Å². The molecule has 0 radical (unpaired) electrons. The summed E-state index contributed by atoms with van der Waals surface area (Å²) < 4.78 is 55.8. The SMILES string of the molecule is O=S(=O)(NCc1ccc2c(c1)CNC2)c1ccc(OC(F)F)c(Cl)c1. The molecule has 2 aromatic rings. The van der Waals surface area contributed by atoms with Gasteiger partial charge in [0.25, 0.3) is 0 Å². The van der Waals surface area contributed by atoms with E-state index in [0.29, 0.717) is 0 Å².